The second kappa shape index (κ2) is 10.9. The van der Waals surface area contributed by atoms with Crippen molar-refractivity contribution in [2.45, 2.75) is 18.6 Å². The standard InChI is InChI=1S/C25H24BrClN2O4S/c26-20-6-4-5-18(15-20)17-34(31,32)29-13-11-19(12-14-29)25(30)28-23-16-21(27)9-10-24(23)33-22-7-2-1-3-8-22/h1-10,15-16,19H,11-14,17H2,(H,28,30). The summed E-state index contributed by atoms with van der Waals surface area (Å²) >= 11 is 9.53. The predicted molar refractivity (Wildman–Crippen MR) is 138 cm³/mol. The van der Waals surface area contributed by atoms with Crippen molar-refractivity contribution in [3.05, 3.63) is 87.9 Å². The van der Waals surface area contributed by atoms with Crippen LogP contribution in [0.3, 0.4) is 0 Å². The third kappa shape index (κ3) is 6.39. The molecule has 0 unspecified atom stereocenters. The summed E-state index contributed by atoms with van der Waals surface area (Å²) in [6.07, 6.45) is 0.887. The quantitative estimate of drug-likeness (QED) is 0.378. The number of para-hydroxylation sites is 1. The number of carbonyl (C=O) groups is 1. The van der Waals surface area contributed by atoms with Crippen LogP contribution in [-0.2, 0) is 20.6 Å². The second-order valence-corrected chi connectivity index (χ2v) is 11.4. The maximum Gasteiger partial charge on any atom is 0.227 e. The Balaban J connectivity index is 1.38. The van der Waals surface area contributed by atoms with Gasteiger partial charge in [0, 0.05) is 28.5 Å². The monoisotopic (exact) mass is 562 g/mol. The lowest BCUT2D eigenvalue weighted by molar-refractivity contribution is -0.120. The molecule has 3 aromatic rings. The Morgan fingerprint density at radius 2 is 1.76 bits per heavy atom. The molecule has 34 heavy (non-hydrogen) atoms. The number of sulfonamides is 1. The first kappa shape index (κ1) is 24.7. The molecule has 0 aromatic heterocycles. The van der Waals surface area contributed by atoms with Crippen molar-refractivity contribution in [2.24, 2.45) is 5.92 Å². The molecule has 1 amide bonds. The average Bonchev–Trinajstić information content (AvgIpc) is 2.81. The lowest BCUT2D eigenvalue weighted by Gasteiger charge is -2.30. The van der Waals surface area contributed by atoms with Crippen LogP contribution < -0.4 is 10.1 Å². The number of hydrogen-bond donors (Lipinski definition) is 1. The van der Waals surface area contributed by atoms with Gasteiger partial charge < -0.3 is 10.1 Å². The molecule has 178 valence electrons. The Hall–Kier alpha value is -2.39. The highest BCUT2D eigenvalue weighted by molar-refractivity contribution is 9.10. The molecule has 0 saturated carbocycles. The summed E-state index contributed by atoms with van der Waals surface area (Å²) in [5.41, 5.74) is 1.20. The van der Waals surface area contributed by atoms with Crippen LogP contribution >= 0.6 is 27.5 Å². The normalized spacial score (nSPS) is 15.1. The van der Waals surface area contributed by atoms with Gasteiger partial charge in [0.15, 0.2) is 5.75 Å². The Labute approximate surface area is 213 Å². The minimum Gasteiger partial charge on any atom is -0.455 e. The largest absolute Gasteiger partial charge is 0.455 e. The topological polar surface area (TPSA) is 75.7 Å². The number of amides is 1. The van der Waals surface area contributed by atoms with Gasteiger partial charge in [-0.05, 0) is 60.9 Å². The van der Waals surface area contributed by atoms with E-state index in [2.05, 4.69) is 21.2 Å². The Morgan fingerprint density at radius 3 is 2.47 bits per heavy atom. The van der Waals surface area contributed by atoms with E-state index in [9.17, 15) is 13.2 Å². The van der Waals surface area contributed by atoms with Gasteiger partial charge in [0.05, 0.1) is 11.4 Å². The summed E-state index contributed by atoms with van der Waals surface area (Å²) in [5, 5.41) is 3.40. The van der Waals surface area contributed by atoms with Crippen LogP contribution in [0.15, 0.2) is 77.3 Å². The third-order valence-corrected chi connectivity index (χ3v) is 8.21. The zero-order valence-corrected chi connectivity index (χ0v) is 21.4. The molecule has 1 saturated heterocycles. The molecular formula is C25H24BrClN2O4S. The van der Waals surface area contributed by atoms with Crippen molar-refractivity contribution in [2.75, 3.05) is 18.4 Å². The second-order valence-electron chi connectivity index (χ2n) is 8.10. The summed E-state index contributed by atoms with van der Waals surface area (Å²) in [5.74, 6) is 0.582. The zero-order chi connectivity index (χ0) is 24.1. The lowest BCUT2D eigenvalue weighted by atomic mass is 9.97. The summed E-state index contributed by atoms with van der Waals surface area (Å²) in [6.45, 7) is 0.606. The predicted octanol–water partition coefficient (Wildman–Crippen LogP) is 6.08. The van der Waals surface area contributed by atoms with E-state index in [0.29, 0.717) is 48.1 Å². The van der Waals surface area contributed by atoms with Gasteiger partial charge in [-0.15, -0.1) is 0 Å². The van der Waals surface area contributed by atoms with E-state index in [1.165, 1.54) is 4.31 Å². The maximum absolute atomic E-state index is 13.0. The van der Waals surface area contributed by atoms with Crippen LogP contribution in [-0.4, -0.2) is 31.7 Å². The highest BCUT2D eigenvalue weighted by atomic mass is 79.9. The van der Waals surface area contributed by atoms with Gasteiger partial charge in [-0.25, -0.2) is 12.7 Å². The van der Waals surface area contributed by atoms with Crippen molar-refractivity contribution in [3.63, 3.8) is 0 Å². The van der Waals surface area contributed by atoms with Crippen LogP contribution in [0, 0.1) is 5.92 Å². The number of nitrogens with zero attached hydrogens (tertiary/aromatic N) is 1. The summed E-state index contributed by atoms with van der Waals surface area (Å²) in [6, 6.07) is 21.6. The van der Waals surface area contributed by atoms with Crippen LogP contribution in [0.1, 0.15) is 18.4 Å². The maximum atomic E-state index is 13.0. The average molecular weight is 564 g/mol. The first-order valence-corrected chi connectivity index (χ1v) is 13.6. The van der Waals surface area contributed by atoms with Gasteiger partial charge in [0.25, 0.3) is 0 Å². The zero-order valence-electron chi connectivity index (χ0n) is 18.3. The highest BCUT2D eigenvalue weighted by Gasteiger charge is 2.31. The number of halogens is 2. The third-order valence-electron chi connectivity index (χ3n) is 5.63. The number of ether oxygens (including phenoxy) is 1. The van der Waals surface area contributed by atoms with Gasteiger partial charge in [-0.2, -0.15) is 0 Å². The molecule has 3 aromatic carbocycles. The van der Waals surface area contributed by atoms with Gasteiger partial charge in [-0.3, -0.25) is 4.79 Å². The summed E-state index contributed by atoms with van der Waals surface area (Å²) in [7, 11) is -3.46. The number of carbonyl (C=O) groups excluding carboxylic acids is 1. The molecule has 1 fully saturated rings. The van der Waals surface area contributed by atoms with Crippen molar-refractivity contribution >= 4 is 49.1 Å². The van der Waals surface area contributed by atoms with Crippen LogP contribution in [0.4, 0.5) is 5.69 Å². The smallest absolute Gasteiger partial charge is 0.227 e. The van der Waals surface area contributed by atoms with E-state index < -0.39 is 10.0 Å². The Kier molecular flexibility index (Phi) is 7.93. The SMILES string of the molecule is O=C(Nc1cc(Cl)ccc1Oc1ccccc1)C1CCN(S(=O)(=O)Cc2cccc(Br)c2)CC1. The molecule has 0 aliphatic carbocycles. The molecule has 1 N–H and O–H groups in total. The molecule has 0 radical (unpaired) electrons. The lowest BCUT2D eigenvalue weighted by Crippen LogP contribution is -2.41. The van der Waals surface area contributed by atoms with Crippen LogP contribution in [0.25, 0.3) is 0 Å². The highest BCUT2D eigenvalue weighted by Crippen LogP contribution is 2.33. The molecular weight excluding hydrogens is 540 g/mol. The van der Waals surface area contributed by atoms with E-state index in [4.69, 9.17) is 16.3 Å². The van der Waals surface area contributed by atoms with Crippen molar-refractivity contribution in [1.82, 2.24) is 4.31 Å². The molecule has 0 spiro atoms. The van der Waals surface area contributed by atoms with Crippen molar-refractivity contribution in [3.8, 4) is 11.5 Å². The Bertz CT molecular complexity index is 1260. The minimum atomic E-state index is -3.46. The van der Waals surface area contributed by atoms with E-state index in [1.54, 1.807) is 30.3 Å². The van der Waals surface area contributed by atoms with Gasteiger partial charge in [0.2, 0.25) is 15.9 Å². The fraction of sp³-hybridized carbons (Fsp3) is 0.240. The van der Waals surface area contributed by atoms with E-state index >= 15 is 0 Å². The number of rotatable bonds is 7. The van der Waals surface area contributed by atoms with Crippen molar-refractivity contribution < 1.29 is 17.9 Å². The first-order chi connectivity index (χ1) is 16.3. The van der Waals surface area contributed by atoms with E-state index in [1.807, 2.05) is 42.5 Å². The van der Waals surface area contributed by atoms with E-state index in [-0.39, 0.29) is 17.6 Å². The fourth-order valence-electron chi connectivity index (χ4n) is 3.86. The number of anilines is 1. The number of benzene rings is 3. The van der Waals surface area contributed by atoms with Gasteiger partial charge in [-0.1, -0.05) is 57.9 Å². The van der Waals surface area contributed by atoms with Crippen LogP contribution in [0.2, 0.25) is 5.02 Å². The summed E-state index contributed by atoms with van der Waals surface area (Å²) < 4.78 is 34.0. The number of hydrogen-bond acceptors (Lipinski definition) is 4. The van der Waals surface area contributed by atoms with E-state index in [0.717, 1.165) is 10.0 Å². The number of nitrogens with one attached hydrogen (secondary N) is 1. The molecule has 4 rings (SSSR count). The molecule has 1 aliphatic rings. The number of piperidine rings is 1. The molecule has 0 atom stereocenters. The fourth-order valence-corrected chi connectivity index (χ4v) is 6.03. The first-order valence-electron chi connectivity index (χ1n) is 10.9. The molecule has 9 heteroatoms. The van der Waals surface area contributed by atoms with Crippen molar-refractivity contribution in [1.29, 1.82) is 0 Å². The molecule has 0 bridgehead atoms. The van der Waals surface area contributed by atoms with Gasteiger partial charge in [0.1, 0.15) is 5.75 Å². The van der Waals surface area contributed by atoms with Crippen LogP contribution in [0.5, 0.6) is 11.5 Å². The molecule has 1 aliphatic heterocycles. The minimum absolute atomic E-state index is 0.0635. The van der Waals surface area contributed by atoms with Gasteiger partial charge >= 0.3 is 0 Å². The summed E-state index contributed by atoms with van der Waals surface area (Å²) in [4.78, 5) is 13.0. The Morgan fingerprint density at radius 1 is 1.03 bits per heavy atom. The molecule has 1 heterocycles. The molecule has 6 nitrogen and oxygen atoms in total.